The standard InChI is InChI=1S/C15H17NO3/c1-18-13-9-7-11(10-14(13)19-2)6-8-12-4-3-5-15(17)16-12/h3,5-10,12H,4H2,1-2H3,(H,16,17)/b8-6+. The van der Waals surface area contributed by atoms with Crippen LogP contribution in [-0.4, -0.2) is 26.2 Å². The summed E-state index contributed by atoms with van der Waals surface area (Å²) in [4.78, 5) is 11.2. The van der Waals surface area contributed by atoms with Crippen LogP contribution < -0.4 is 14.8 Å². The van der Waals surface area contributed by atoms with E-state index in [-0.39, 0.29) is 11.9 Å². The Kier molecular flexibility index (Phi) is 4.23. The van der Waals surface area contributed by atoms with Gasteiger partial charge < -0.3 is 14.8 Å². The van der Waals surface area contributed by atoms with E-state index < -0.39 is 0 Å². The summed E-state index contributed by atoms with van der Waals surface area (Å²) in [5.41, 5.74) is 1.00. The summed E-state index contributed by atoms with van der Waals surface area (Å²) in [5, 5.41) is 2.87. The predicted octanol–water partition coefficient (Wildman–Crippen LogP) is 2.16. The molecule has 1 aromatic carbocycles. The molecule has 1 N–H and O–H groups in total. The van der Waals surface area contributed by atoms with Crippen molar-refractivity contribution >= 4 is 12.0 Å². The van der Waals surface area contributed by atoms with E-state index in [0.717, 1.165) is 12.0 Å². The van der Waals surface area contributed by atoms with Gasteiger partial charge in [0.05, 0.1) is 20.3 Å². The molecule has 0 radical (unpaired) electrons. The van der Waals surface area contributed by atoms with Crippen LogP contribution in [0, 0.1) is 0 Å². The summed E-state index contributed by atoms with van der Waals surface area (Å²) in [7, 11) is 3.22. The van der Waals surface area contributed by atoms with Gasteiger partial charge in [0.1, 0.15) is 0 Å². The van der Waals surface area contributed by atoms with Crippen molar-refractivity contribution < 1.29 is 14.3 Å². The Morgan fingerprint density at radius 1 is 1.26 bits per heavy atom. The van der Waals surface area contributed by atoms with E-state index in [0.29, 0.717) is 11.5 Å². The van der Waals surface area contributed by atoms with Gasteiger partial charge >= 0.3 is 0 Å². The number of carbonyl (C=O) groups excluding carboxylic acids is 1. The van der Waals surface area contributed by atoms with Crippen molar-refractivity contribution in [1.29, 1.82) is 0 Å². The molecule has 0 saturated heterocycles. The van der Waals surface area contributed by atoms with Gasteiger partial charge in [0, 0.05) is 0 Å². The third-order valence-corrected chi connectivity index (χ3v) is 2.92. The van der Waals surface area contributed by atoms with Gasteiger partial charge in [-0.15, -0.1) is 0 Å². The molecule has 0 saturated carbocycles. The van der Waals surface area contributed by atoms with Crippen molar-refractivity contribution in [2.75, 3.05) is 14.2 Å². The smallest absolute Gasteiger partial charge is 0.244 e. The van der Waals surface area contributed by atoms with Crippen LogP contribution in [0.4, 0.5) is 0 Å². The number of carbonyl (C=O) groups is 1. The highest BCUT2D eigenvalue weighted by Crippen LogP contribution is 2.28. The van der Waals surface area contributed by atoms with Gasteiger partial charge in [-0.3, -0.25) is 4.79 Å². The van der Waals surface area contributed by atoms with E-state index in [1.807, 2.05) is 36.4 Å². The normalized spacial score (nSPS) is 18.4. The molecule has 1 aliphatic heterocycles. The maximum Gasteiger partial charge on any atom is 0.244 e. The van der Waals surface area contributed by atoms with E-state index >= 15 is 0 Å². The Balaban J connectivity index is 2.10. The summed E-state index contributed by atoms with van der Waals surface area (Å²) in [5.74, 6) is 1.35. The molecule has 2 rings (SSSR count). The van der Waals surface area contributed by atoms with Gasteiger partial charge in [0.25, 0.3) is 0 Å². The number of methoxy groups -OCH3 is 2. The molecule has 19 heavy (non-hydrogen) atoms. The monoisotopic (exact) mass is 259 g/mol. The van der Waals surface area contributed by atoms with Crippen molar-refractivity contribution in [3.05, 3.63) is 42.0 Å². The van der Waals surface area contributed by atoms with Crippen LogP contribution in [0.5, 0.6) is 11.5 Å². The fraction of sp³-hybridized carbons (Fsp3) is 0.267. The summed E-state index contributed by atoms with van der Waals surface area (Å²) in [6.45, 7) is 0. The van der Waals surface area contributed by atoms with Gasteiger partial charge in [-0.2, -0.15) is 0 Å². The molecule has 0 aromatic heterocycles. The van der Waals surface area contributed by atoms with E-state index in [4.69, 9.17) is 9.47 Å². The first-order valence-electron chi connectivity index (χ1n) is 6.10. The second-order valence-electron chi connectivity index (χ2n) is 4.23. The summed E-state index contributed by atoms with van der Waals surface area (Å²) in [6.07, 6.45) is 8.19. The molecule has 4 heteroatoms. The molecule has 100 valence electrons. The number of hydrogen-bond donors (Lipinski definition) is 1. The Labute approximate surface area is 112 Å². The van der Waals surface area contributed by atoms with E-state index in [1.54, 1.807) is 20.3 Å². The number of hydrogen-bond acceptors (Lipinski definition) is 3. The van der Waals surface area contributed by atoms with Gasteiger partial charge in [-0.1, -0.05) is 24.3 Å². The fourth-order valence-electron chi connectivity index (χ4n) is 1.92. The summed E-state index contributed by atoms with van der Waals surface area (Å²) >= 11 is 0. The third kappa shape index (κ3) is 3.37. The molecule has 0 fully saturated rings. The maximum absolute atomic E-state index is 11.2. The summed E-state index contributed by atoms with van der Waals surface area (Å²) < 4.78 is 10.4. The lowest BCUT2D eigenvalue weighted by atomic mass is 10.1. The zero-order valence-corrected chi connectivity index (χ0v) is 11.1. The van der Waals surface area contributed by atoms with Crippen LogP contribution in [0.1, 0.15) is 12.0 Å². The number of rotatable bonds is 4. The van der Waals surface area contributed by atoms with Crippen LogP contribution in [0.3, 0.4) is 0 Å². The van der Waals surface area contributed by atoms with Crippen molar-refractivity contribution in [1.82, 2.24) is 5.32 Å². The highest BCUT2D eigenvalue weighted by Gasteiger charge is 2.10. The van der Waals surface area contributed by atoms with Crippen LogP contribution in [0.25, 0.3) is 6.08 Å². The molecule has 1 amide bonds. The first-order valence-corrected chi connectivity index (χ1v) is 6.10. The topological polar surface area (TPSA) is 47.6 Å². The largest absolute Gasteiger partial charge is 0.493 e. The molecule has 1 aromatic rings. The van der Waals surface area contributed by atoms with Crippen molar-refractivity contribution in [2.24, 2.45) is 0 Å². The molecule has 0 spiro atoms. The van der Waals surface area contributed by atoms with Crippen molar-refractivity contribution in [3.63, 3.8) is 0 Å². The fourth-order valence-corrected chi connectivity index (χ4v) is 1.92. The number of ether oxygens (including phenoxy) is 2. The zero-order chi connectivity index (χ0) is 13.7. The number of amides is 1. The maximum atomic E-state index is 11.2. The van der Waals surface area contributed by atoms with Crippen LogP contribution in [0.15, 0.2) is 36.4 Å². The molecular formula is C15H17NO3. The van der Waals surface area contributed by atoms with Crippen molar-refractivity contribution in [2.45, 2.75) is 12.5 Å². The SMILES string of the molecule is COc1ccc(/C=C/C2CC=CC(=O)N2)cc1OC. The van der Waals surface area contributed by atoms with Crippen LogP contribution in [0.2, 0.25) is 0 Å². The lowest BCUT2D eigenvalue weighted by molar-refractivity contribution is -0.117. The van der Waals surface area contributed by atoms with Gasteiger partial charge in [0.2, 0.25) is 5.91 Å². The Bertz CT molecular complexity index is 520. The number of benzene rings is 1. The lowest BCUT2D eigenvalue weighted by Gasteiger charge is -2.15. The van der Waals surface area contributed by atoms with Crippen LogP contribution in [-0.2, 0) is 4.79 Å². The first kappa shape index (κ1) is 13.2. The van der Waals surface area contributed by atoms with E-state index in [1.165, 1.54) is 0 Å². The highest BCUT2D eigenvalue weighted by molar-refractivity contribution is 5.88. The Morgan fingerprint density at radius 3 is 2.74 bits per heavy atom. The molecule has 1 unspecified atom stereocenters. The minimum Gasteiger partial charge on any atom is -0.493 e. The second-order valence-corrected chi connectivity index (χ2v) is 4.23. The first-order chi connectivity index (χ1) is 9.22. The Hall–Kier alpha value is -2.23. The quantitative estimate of drug-likeness (QED) is 0.901. The molecular weight excluding hydrogens is 242 g/mol. The van der Waals surface area contributed by atoms with Crippen molar-refractivity contribution in [3.8, 4) is 11.5 Å². The van der Waals surface area contributed by atoms with E-state index in [9.17, 15) is 4.79 Å². The van der Waals surface area contributed by atoms with Gasteiger partial charge in [0.15, 0.2) is 11.5 Å². The molecule has 0 aliphatic carbocycles. The average Bonchev–Trinajstić information content (AvgIpc) is 2.45. The molecule has 1 atom stereocenters. The summed E-state index contributed by atoms with van der Waals surface area (Å²) in [6, 6.07) is 5.75. The molecule has 1 heterocycles. The van der Waals surface area contributed by atoms with Gasteiger partial charge in [-0.25, -0.2) is 0 Å². The zero-order valence-electron chi connectivity index (χ0n) is 11.1. The lowest BCUT2D eigenvalue weighted by Crippen LogP contribution is -2.34. The Morgan fingerprint density at radius 2 is 2.05 bits per heavy atom. The minimum absolute atomic E-state index is 0.0468. The highest BCUT2D eigenvalue weighted by atomic mass is 16.5. The molecule has 4 nitrogen and oxygen atoms in total. The second kappa shape index (κ2) is 6.09. The third-order valence-electron chi connectivity index (χ3n) is 2.92. The van der Waals surface area contributed by atoms with Crippen LogP contribution >= 0.6 is 0 Å². The van der Waals surface area contributed by atoms with E-state index in [2.05, 4.69) is 5.32 Å². The average molecular weight is 259 g/mol. The van der Waals surface area contributed by atoms with Gasteiger partial charge in [-0.05, 0) is 30.2 Å². The molecule has 0 bridgehead atoms. The molecule has 1 aliphatic rings. The predicted molar refractivity (Wildman–Crippen MR) is 74.3 cm³/mol. The minimum atomic E-state index is -0.0480. The number of nitrogens with one attached hydrogen (secondary N) is 1.